The number of Topliss-reactive ketones (excluding diaryl/α,β-unsaturated/α-hetero) is 1. The molecule has 0 aliphatic heterocycles. The van der Waals surface area contributed by atoms with E-state index in [9.17, 15) is 18.0 Å². The van der Waals surface area contributed by atoms with Crippen LogP contribution in [0.5, 0.6) is 0 Å². The van der Waals surface area contributed by atoms with Gasteiger partial charge in [-0.1, -0.05) is 6.07 Å². The molecule has 19 heavy (non-hydrogen) atoms. The zero-order valence-corrected chi connectivity index (χ0v) is 9.69. The second-order valence-electron chi connectivity index (χ2n) is 3.88. The van der Waals surface area contributed by atoms with Crippen LogP contribution in [0.2, 0.25) is 0 Å². The van der Waals surface area contributed by atoms with E-state index in [-0.39, 0.29) is 6.42 Å². The Balaban J connectivity index is 2.30. The third-order valence-corrected chi connectivity index (χ3v) is 2.51. The Morgan fingerprint density at radius 2 is 1.84 bits per heavy atom. The van der Waals surface area contributed by atoms with E-state index in [1.54, 1.807) is 12.1 Å². The SMILES string of the molecule is O=C(Cc1cccnc1)c1cnccc1C(F)(F)F. The smallest absolute Gasteiger partial charge is 0.294 e. The highest BCUT2D eigenvalue weighted by atomic mass is 19.4. The van der Waals surface area contributed by atoms with Crippen molar-refractivity contribution in [3.8, 4) is 0 Å². The standard InChI is InChI=1S/C13H9F3N2O/c14-13(15,16)11-3-5-18-8-10(11)12(19)6-9-2-1-4-17-7-9/h1-5,7-8H,6H2. The summed E-state index contributed by atoms with van der Waals surface area (Å²) < 4.78 is 38.3. The van der Waals surface area contributed by atoms with Gasteiger partial charge >= 0.3 is 6.18 Å². The lowest BCUT2D eigenvalue weighted by Crippen LogP contribution is -2.15. The summed E-state index contributed by atoms with van der Waals surface area (Å²) >= 11 is 0. The van der Waals surface area contributed by atoms with Crippen LogP contribution < -0.4 is 0 Å². The van der Waals surface area contributed by atoms with Crippen molar-refractivity contribution in [2.75, 3.05) is 0 Å². The fourth-order valence-electron chi connectivity index (χ4n) is 1.65. The van der Waals surface area contributed by atoms with Gasteiger partial charge in [0.2, 0.25) is 0 Å². The van der Waals surface area contributed by atoms with Crippen molar-refractivity contribution in [2.45, 2.75) is 12.6 Å². The van der Waals surface area contributed by atoms with Gasteiger partial charge in [0.1, 0.15) is 0 Å². The van der Waals surface area contributed by atoms with Crippen molar-refractivity contribution in [2.24, 2.45) is 0 Å². The molecular formula is C13H9F3N2O. The third-order valence-electron chi connectivity index (χ3n) is 2.51. The summed E-state index contributed by atoms with van der Waals surface area (Å²) in [5, 5.41) is 0. The van der Waals surface area contributed by atoms with E-state index in [4.69, 9.17) is 0 Å². The van der Waals surface area contributed by atoms with E-state index in [1.807, 2.05) is 0 Å². The Bertz CT molecular complexity index is 582. The fourth-order valence-corrected chi connectivity index (χ4v) is 1.65. The molecule has 6 heteroatoms. The van der Waals surface area contributed by atoms with Gasteiger partial charge in [-0.3, -0.25) is 14.8 Å². The average molecular weight is 266 g/mol. The molecule has 0 saturated carbocycles. The Labute approximate surface area is 107 Å². The number of hydrogen-bond acceptors (Lipinski definition) is 3. The molecule has 2 aromatic heterocycles. The number of pyridine rings is 2. The molecule has 0 fully saturated rings. The third kappa shape index (κ3) is 3.15. The minimum Gasteiger partial charge on any atom is -0.294 e. The van der Waals surface area contributed by atoms with Gasteiger partial charge in [-0.2, -0.15) is 13.2 Å². The van der Waals surface area contributed by atoms with Gasteiger partial charge in [-0.25, -0.2) is 0 Å². The molecule has 2 heterocycles. The first-order chi connectivity index (χ1) is 8.98. The summed E-state index contributed by atoms with van der Waals surface area (Å²) in [7, 11) is 0. The molecule has 0 saturated heterocycles. The maximum atomic E-state index is 12.8. The van der Waals surface area contributed by atoms with Gasteiger partial charge in [-0.05, 0) is 17.7 Å². The summed E-state index contributed by atoms with van der Waals surface area (Å²) in [6, 6.07) is 4.06. The lowest BCUT2D eigenvalue weighted by Gasteiger charge is -2.11. The monoisotopic (exact) mass is 266 g/mol. The molecule has 98 valence electrons. The van der Waals surface area contributed by atoms with Crippen LogP contribution in [-0.4, -0.2) is 15.8 Å². The molecule has 0 aliphatic carbocycles. The largest absolute Gasteiger partial charge is 0.417 e. The van der Waals surface area contributed by atoms with E-state index < -0.39 is 23.1 Å². The summed E-state index contributed by atoms with van der Waals surface area (Å²) in [4.78, 5) is 19.3. The molecule has 0 unspecified atom stereocenters. The minimum atomic E-state index is -4.57. The number of hydrogen-bond donors (Lipinski definition) is 0. The van der Waals surface area contributed by atoms with Crippen LogP contribution in [0.3, 0.4) is 0 Å². The quantitative estimate of drug-likeness (QED) is 0.802. The summed E-state index contributed by atoms with van der Waals surface area (Å²) in [6.07, 6.45) is 0.234. The topological polar surface area (TPSA) is 42.9 Å². The Morgan fingerprint density at radius 1 is 1.11 bits per heavy atom. The van der Waals surface area contributed by atoms with Gasteiger partial charge in [-0.15, -0.1) is 0 Å². The van der Waals surface area contributed by atoms with Crippen LogP contribution in [0, 0.1) is 0 Å². The molecule has 3 nitrogen and oxygen atoms in total. The van der Waals surface area contributed by atoms with Gasteiger partial charge in [0, 0.05) is 36.8 Å². The number of carbonyl (C=O) groups is 1. The molecule has 0 aliphatic rings. The summed E-state index contributed by atoms with van der Waals surface area (Å²) in [6.45, 7) is 0. The first-order valence-corrected chi connectivity index (χ1v) is 5.42. The molecule has 0 spiro atoms. The van der Waals surface area contributed by atoms with Crippen molar-refractivity contribution >= 4 is 5.78 Å². The van der Waals surface area contributed by atoms with Crippen molar-refractivity contribution in [3.63, 3.8) is 0 Å². The predicted molar refractivity (Wildman–Crippen MR) is 61.5 cm³/mol. The second-order valence-corrected chi connectivity index (χ2v) is 3.88. The lowest BCUT2D eigenvalue weighted by atomic mass is 10.0. The van der Waals surface area contributed by atoms with Crippen LogP contribution >= 0.6 is 0 Å². The van der Waals surface area contributed by atoms with E-state index >= 15 is 0 Å². The van der Waals surface area contributed by atoms with Crippen LogP contribution in [-0.2, 0) is 12.6 Å². The highest BCUT2D eigenvalue weighted by molar-refractivity contribution is 5.98. The highest BCUT2D eigenvalue weighted by Crippen LogP contribution is 2.31. The highest BCUT2D eigenvalue weighted by Gasteiger charge is 2.34. The summed E-state index contributed by atoms with van der Waals surface area (Å²) in [5.41, 5.74) is -0.820. The molecule has 2 aromatic rings. The zero-order valence-electron chi connectivity index (χ0n) is 9.69. The van der Waals surface area contributed by atoms with Crippen molar-refractivity contribution in [1.29, 1.82) is 0 Å². The van der Waals surface area contributed by atoms with Crippen LogP contribution in [0.4, 0.5) is 13.2 Å². The normalized spacial score (nSPS) is 11.3. The zero-order chi connectivity index (χ0) is 13.9. The van der Waals surface area contributed by atoms with E-state index in [0.717, 1.165) is 18.5 Å². The van der Waals surface area contributed by atoms with Crippen molar-refractivity contribution in [1.82, 2.24) is 9.97 Å². The van der Waals surface area contributed by atoms with Crippen LogP contribution in [0.25, 0.3) is 0 Å². The Kier molecular flexibility index (Phi) is 3.59. The van der Waals surface area contributed by atoms with E-state index in [0.29, 0.717) is 5.56 Å². The number of carbonyl (C=O) groups excluding carboxylic acids is 1. The van der Waals surface area contributed by atoms with E-state index in [1.165, 1.54) is 12.4 Å². The Hall–Kier alpha value is -2.24. The second kappa shape index (κ2) is 5.17. The van der Waals surface area contributed by atoms with Crippen molar-refractivity contribution in [3.05, 3.63) is 59.7 Å². The molecule has 0 N–H and O–H groups in total. The first-order valence-electron chi connectivity index (χ1n) is 5.42. The number of ketones is 1. The van der Waals surface area contributed by atoms with Gasteiger partial charge < -0.3 is 0 Å². The molecule has 0 aromatic carbocycles. The van der Waals surface area contributed by atoms with Gasteiger partial charge in [0.25, 0.3) is 0 Å². The van der Waals surface area contributed by atoms with Crippen molar-refractivity contribution < 1.29 is 18.0 Å². The predicted octanol–water partition coefficient (Wildman–Crippen LogP) is 2.92. The minimum absolute atomic E-state index is 0.136. The molecule has 2 rings (SSSR count). The number of rotatable bonds is 3. The van der Waals surface area contributed by atoms with Gasteiger partial charge in [0.05, 0.1) is 5.56 Å². The lowest BCUT2D eigenvalue weighted by molar-refractivity contribution is -0.138. The number of alkyl halides is 3. The maximum absolute atomic E-state index is 12.8. The Morgan fingerprint density at radius 3 is 2.47 bits per heavy atom. The molecule has 0 bridgehead atoms. The maximum Gasteiger partial charge on any atom is 0.417 e. The number of aromatic nitrogens is 2. The molecular weight excluding hydrogens is 257 g/mol. The average Bonchev–Trinajstić information content (AvgIpc) is 2.39. The first kappa shape index (κ1) is 13.2. The molecule has 0 atom stereocenters. The fraction of sp³-hybridized carbons (Fsp3) is 0.154. The molecule has 0 radical (unpaired) electrons. The molecule has 0 amide bonds. The van der Waals surface area contributed by atoms with Crippen LogP contribution in [0.15, 0.2) is 43.0 Å². The van der Waals surface area contributed by atoms with Crippen LogP contribution in [0.1, 0.15) is 21.5 Å². The number of nitrogens with zero attached hydrogens (tertiary/aromatic N) is 2. The summed E-state index contributed by atoms with van der Waals surface area (Å²) in [5.74, 6) is -0.631. The van der Waals surface area contributed by atoms with E-state index in [2.05, 4.69) is 9.97 Å². The van der Waals surface area contributed by atoms with Gasteiger partial charge in [0.15, 0.2) is 5.78 Å². The number of halogens is 3.